The van der Waals surface area contributed by atoms with Gasteiger partial charge in [-0.2, -0.15) is 11.8 Å². The summed E-state index contributed by atoms with van der Waals surface area (Å²) in [6.07, 6.45) is 4.42. The van der Waals surface area contributed by atoms with E-state index in [2.05, 4.69) is 17.4 Å². The fraction of sp³-hybridized carbons (Fsp3) is 0.462. The SMILES string of the molecule is CSCC(=O)NC(c1ccccc1)C1CC1. The number of nitrogens with one attached hydrogen (secondary N) is 1. The zero-order valence-electron chi connectivity index (χ0n) is 9.48. The van der Waals surface area contributed by atoms with E-state index in [0.717, 1.165) is 0 Å². The molecule has 1 aliphatic rings. The molecular weight excluding hydrogens is 218 g/mol. The molecule has 0 radical (unpaired) electrons. The Labute approximate surface area is 101 Å². The van der Waals surface area contributed by atoms with Crippen LogP contribution in [0.5, 0.6) is 0 Å². The molecule has 1 aliphatic carbocycles. The Bertz CT molecular complexity index is 348. The van der Waals surface area contributed by atoms with E-state index in [4.69, 9.17) is 0 Å². The van der Waals surface area contributed by atoms with Crippen LogP contribution in [0.1, 0.15) is 24.4 Å². The predicted octanol–water partition coefficient (Wildman–Crippen LogP) is 2.62. The molecule has 0 aromatic heterocycles. The number of carbonyl (C=O) groups excluding carboxylic acids is 1. The van der Waals surface area contributed by atoms with E-state index >= 15 is 0 Å². The molecule has 1 N–H and O–H groups in total. The second kappa shape index (κ2) is 5.39. The lowest BCUT2D eigenvalue weighted by atomic mass is 10.0. The average molecular weight is 235 g/mol. The van der Waals surface area contributed by atoms with E-state index in [0.29, 0.717) is 11.7 Å². The predicted molar refractivity (Wildman–Crippen MR) is 68.4 cm³/mol. The van der Waals surface area contributed by atoms with Crippen LogP contribution in [0.2, 0.25) is 0 Å². The van der Waals surface area contributed by atoms with Gasteiger partial charge in [-0.1, -0.05) is 30.3 Å². The van der Waals surface area contributed by atoms with Crippen LogP contribution in [-0.2, 0) is 4.79 Å². The summed E-state index contributed by atoms with van der Waals surface area (Å²) < 4.78 is 0. The maximum atomic E-state index is 11.6. The maximum Gasteiger partial charge on any atom is 0.230 e. The Morgan fingerprint density at radius 2 is 2.12 bits per heavy atom. The molecule has 1 amide bonds. The van der Waals surface area contributed by atoms with Gasteiger partial charge < -0.3 is 5.32 Å². The molecule has 0 aliphatic heterocycles. The number of thioether (sulfide) groups is 1. The fourth-order valence-electron chi connectivity index (χ4n) is 1.91. The van der Waals surface area contributed by atoms with Crippen molar-refractivity contribution >= 4 is 17.7 Å². The minimum absolute atomic E-state index is 0.147. The molecule has 3 heteroatoms. The summed E-state index contributed by atoms with van der Waals surface area (Å²) in [5, 5.41) is 3.14. The van der Waals surface area contributed by atoms with Crippen molar-refractivity contribution < 1.29 is 4.79 Å². The van der Waals surface area contributed by atoms with Gasteiger partial charge in [0.1, 0.15) is 0 Å². The zero-order valence-corrected chi connectivity index (χ0v) is 10.3. The summed E-state index contributed by atoms with van der Waals surface area (Å²) in [5.74, 6) is 1.34. The van der Waals surface area contributed by atoms with Gasteiger partial charge in [-0.25, -0.2) is 0 Å². The third-order valence-corrected chi connectivity index (χ3v) is 3.39. The summed E-state index contributed by atoms with van der Waals surface area (Å²) in [6.45, 7) is 0. The monoisotopic (exact) mass is 235 g/mol. The van der Waals surface area contributed by atoms with Crippen molar-refractivity contribution in [1.29, 1.82) is 0 Å². The van der Waals surface area contributed by atoms with Crippen molar-refractivity contribution in [1.82, 2.24) is 5.32 Å². The van der Waals surface area contributed by atoms with Crippen LogP contribution in [0.25, 0.3) is 0 Å². The first-order valence-electron chi connectivity index (χ1n) is 5.64. The molecule has 0 spiro atoms. The van der Waals surface area contributed by atoms with Gasteiger partial charge in [-0.05, 0) is 30.6 Å². The van der Waals surface area contributed by atoms with E-state index in [1.165, 1.54) is 18.4 Å². The van der Waals surface area contributed by atoms with E-state index in [9.17, 15) is 4.79 Å². The van der Waals surface area contributed by atoms with Crippen molar-refractivity contribution in [3.63, 3.8) is 0 Å². The summed E-state index contributed by atoms with van der Waals surface area (Å²) in [6, 6.07) is 10.5. The largest absolute Gasteiger partial charge is 0.348 e. The van der Waals surface area contributed by atoms with Gasteiger partial charge in [0.2, 0.25) is 5.91 Å². The van der Waals surface area contributed by atoms with Crippen molar-refractivity contribution in [2.45, 2.75) is 18.9 Å². The van der Waals surface area contributed by atoms with Crippen molar-refractivity contribution in [3.8, 4) is 0 Å². The molecule has 1 aromatic carbocycles. The van der Waals surface area contributed by atoms with Gasteiger partial charge in [0.25, 0.3) is 0 Å². The maximum absolute atomic E-state index is 11.6. The first-order chi connectivity index (χ1) is 7.81. The summed E-state index contributed by atoms with van der Waals surface area (Å²) in [5.41, 5.74) is 1.24. The Kier molecular flexibility index (Phi) is 3.88. The van der Waals surface area contributed by atoms with E-state index in [-0.39, 0.29) is 11.9 Å². The highest BCUT2D eigenvalue weighted by Gasteiger charge is 2.33. The molecule has 2 nitrogen and oxygen atoms in total. The molecule has 0 heterocycles. The van der Waals surface area contributed by atoms with Crippen LogP contribution in [0.15, 0.2) is 30.3 Å². The standard InChI is InChI=1S/C13H17NOS/c1-16-9-12(15)14-13(11-7-8-11)10-5-3-2-4-6-10/h2-6,11,13H,7-9H2,1H3,(H,14,15). The minimum Gasteiger partial charge on any atom is -0.348 e. The number of benzene rings is 1. The minimum atomic E-state index is 0.147. The molecule has 0 bridgehead atoms. The summed E-state index contributed by atoms with van der Waals surface area (Å²) >= 11 is 1.57. The lowest BCUT2D eigenvalue weighted by Gasteiger charge is -2.18. The highest BCUT2D eigenvalue weighted by Crippen LogP contribution is 2.40. The zero-order chi connectivity index (χ0) is 11.4. The van der Waals surface area contributed by atoms with Gasteiger partial charge in [0, 0.05) is 0 Å². The Hall–Kier alpha value is -0.960. The molecule has 1 aromatic rings. The summed E-state index contributed by atoms with van der Waals surface area (Å²) in [7, 11) is 0. The summed E-state index contributed by atoms with van der Waals surface area (Å²) in [4.78, 5) is 11.6. The lowest BCUT2D eigenvalue weighted by Crippen LogP contribution is -2.31. The van der Waals surface area contributed by atoms with Gasteiger partial charge >= 0.3 is 0 Å². The lowest BCUT2D eigenvalue weighted by molar-refractivity contribution is -0.119. The van der Waals surface area contributed by atoms with Crippen LogP contribution in [-0.4, -0.2) is 17.9 Å². The van der Waals surface area contributed by atoms with Crippen molar-refractivity contribution in [2.24, 2.45) is 5.92 Å². The molecule has 86 valence electrons. The van der Waals surface area contributed by atoms with Gasteiger partial charge in [-0.15, -0.1) is 0 Å². The molecule has 1 fully saturated rings. The van der Waals surface area contributed by atoms with Crippen molar-refractivity contribution in [3.05, 3.63) is 35.9 Å². The van der Waals surface area contributed by atoms with Gasteiger partial charge in [0.05, 0.1) is 11.8 Å². The Balaban J connectivity index is 2.03. The van der Waals surface area contributed by atoms with Crippen LogP contribution in [0.4, 0.5) is 0 Å². The topological polar surface area (TPSA) is 29.1 Å². The van der Waals surface area contributed by atoms with E-state index < -0.39 is 0 Å². The van der Waals surface area contributed by atoms with Crippen molar-refractivity contribution in [2.75, 3.05) is 12.0 Å². The number of hydrogen-bond donors (Lipinski definition) is 1. The molecular formula is C13H17NOS. The second-order valence-electron chi connectivity index (χ2n) is 4.23. The molecule has 0 saturated heterocycles. The first-order valence-corrected chi connectivity index (χ1v) is 7.04. The molecule has 2 rings (SSSR count). The molecule has 1 saturated carbocycles. The van der Waals surface area contributed by atoms with Crippen LogP contribution < -0.4 is 5.32 Å². The smallest absolute Gasteiger partial charge is 0.230 e. The fourth-order valence-corrected chi connectivity index (χ4v) is 2.26. The molecule has 1 atom stereocenters. The third kappa shape index (κ3) is 3.01. The normalized spacial score (nSPS) is 16.8. The van der Waals surface area contributed by atoms with Gasteiger partial charge in [0.15, 0.2) is 0 Å². The Morgan fingerprint density at radius 1 is 1.44 bits per heavy atom. The van der Waals surface area contributed by atoms with E-state index in [1.54, 1.807) is 11.8 Å². The second-order valence-corrected chi connectivity index (χ2v) is 5.09. The highest BCUT2D eigenvalue weighted by molar-refractivity contribution is 7.99. The number of carbonyl (C=O) groups is 1. The number of amides is 1. The Morgan fingerprint density at radius 3 is 2.69 bits per heavy atom. The van der Waals surface area contributed by atoms with Crippen LogP contribution in [0, 0.1) is 5.92 Å². The third-order valence-electron chi connectivity index (χ3n) is 2.84. The average Bonchev–Trinajstić information content (AvgIpc) is 3.11. The van der Waals surface area contributed by atoms with E-state index in [1.807, 2.05) is 24.5 Å². The molecule has 1 unspecified atom stereocenters. The number of hydrogen-bond acceptors (Lipinski definition) is 2. The quantitative estimate of drug-likeness (QED) is 0.850. The van der Waals surface area contributed by atoms with Gasteiger partial charge in [-0.3, -0.25) is 4.79 Å². The first kappa shape index (κ1) is 11.5. The molecule has 16 heavy (non-hydrogen) atoms. The number of rotatable bonds is 5. The highest BCUT2D eigenvalue weighted by atomic mass is 32.2. The van der Waals surface area contributed by atoms with Crippen LogP contribution >= 0.6 is 11.8 Å². The van der Waals surface area contributed by atoms with Crippen LogP contribution in [0.3, 0.4) is 0 Å².